The number of carbonyl (C=O) groups excluding carboxylic acids is 1. The molecule has 0 saturated heterocycles. The fraction of sp³-hybridized carbons (Fsp3) is 0.417. The summed E-state index contributed by atoms with van der Waals surface area (Å²) < 4.78 is 18.5. The van der Waals surface area contributed by atoms with Gasteiger partial charge < -0.3 is 15.8 Å². The first-order valence-corrected chi connectivity index (χ1v) is 5.49. The van der Waals surface area contributed by atoms with E-state index in [4.69, 9.17) is 10.5 Å². The standard InChI is InChI=1S/C12H17FN2O2.ClH/c1-3-17-11-5-4-9(6-10(11)13)7-15-12(16)8(2)14;/h4-6,8H,3,7,14H2,1-2H3,(H,15,16);1H/t8-;/m1./s1. The predicted molar refractivity (Wildman–Crippen MR) is 70.3 cm³/mol. The molecule has 3 N–H and O–H groups in total. The molecule has 0 aromatic heterocycles. The smallest absolute Gasteiger partial charge is 0.236 e. The quantitative estimate of drug-likeness (QED) is 0.859. The van der Waals surface area contributed by atoms with E-state index in [-0.39, 0.29) is 30.6 Å². The van der Waals surface area contributed by atoms with E-state index in [9.17, 15) is 9.18 Å². The molecule has 18 heavy (non-hydrogen) atoms. The maximum absolute atomic E-state index is 13.5. The number of carbonyl (C=O) groups is 1. The van der Waals surface area contributed by atoms with Crippen molar-refractivity contribution in [3.8, 4) is 5.75 Å². The highest BCUT2D eigenvalue weighted by molar-refractivity contribution is 5.85. The van der Waals surface area contributed by atoms with Crippen LogP contribution in [-0.2, 0) is 11.3 Å². The van der Waals surface area contributed by atoms with Crippen molar-refractivity contribution in [2.75, 3.05) is 6.61 Å². The van der Waals surface area contributed by atoms with Crippen molar-refractivity contribution >= 4 is 18.3 Å². The Balaban J connectivity index is 0.00000289. The molecule has 1 amide bonds. The van der Waals surface area contributed by atoms with Crippen LogP contribution in [-0.4, -0.2) is 18.6 Å². The lowest BCUT2D eigenvalue weighted by Crippen LogP contribution is -2.37. The Labute approximate surface area is 112 Å². The molecule has 0 radical (unpaired) electrons. The van der Waals surface area contributed by atoms with Crippen LogP contribution < -0.4 is 15.8 Å². The Hall–Kier alpha value is -1.33. The van der Waals surface area contributed by atoms with Crippen LogP contribution in [0.2, 0.25) is 0 Å². The summed E-state index contributed by atoms with van der Waals surface area (Å²) >= 11 is 0. The third kappa shape index (κ3) is 4.89. The predicted octanol–water partition coefficient (Wildman–Crippen LogP) is 1.61. The van der Waals surface area contributed by atoms with Gasteiger partial charge in [-0.3, -0.25) is 4.79 Å². The third-order valence-corrected chi connectivity index (χ3v) is 2.18. The molecule has 1 aromatic carbocycles. The fourth-order valence-electron chi connectivity index (χ4n) is 1.28. The molecule has 0 aliphatic rings. The van der Waals surface area contributed by atoms with Gasteiger partial charge in [-0.25, -0.2) is 4.39 Å². The van der Waals surface area contributed by atoms with Crippen LogP contribution in [0.3, 0.4) is 0 Å². The molecule has 6 heteroatoms. The highest BCUT2D eigenvalue weighted by atomic mass is 35.5. The monoisotopic (exact) mass is 276 g/mol. The summed E-state index contributed by atoms with van der Waals surface area (Å²) in [6.07, 6.45) is 0. The minimum atomic E-state index is -0.567. The summed E-state index contributed by atoms with van der Waals surface area (Å²) in [6.45, 7) is 4.05. The molecule has 0 spiro atoms. The van der Waals surface area contributed by atoms with Crippen LogP contribution in [0.25, 0.3) is 0 Å². The molecule has 1 rings (SSSR count). The minimum absolute atomic E-state index is 0. The zero-order valence-corrected chi connectivity index (χ0v) is 11.2. The largest absolute Gasteiger partial charge is 0.491 e. The number of benzene rings is 1. The van der Waals surface area contributed by atoms with Crippen molar-refractivity contribution in [2.45, 2.75) is 26.4 Å². The van der Waals surface area contributed by atoms with E-state index in [1.165, 1.54) is 6.07 Å². The van der Waals surface area contributed by atoms with Crippen molar-refractivity contribution in [1.82, 2.24) is 5.32 Å². The molecule has 1 aromatic rings. The Morgan fingerprint density at radius 2 is 2.22 bits per heavy atom. The number of halogens is 2. The van der Waals surface area contributed by atoms with Crippen molar-refractivity contribution < 1.29 is 13.9 Å². The summed E-state index contributed by atoms with van der Waals surface area (Å²) in [7, 11) is 0. The van der Waals surface area contributed by atoms with Gasteiger partial charge in [-0.2, -0.15) is 0 Å². The first-order chi connectivity index (χ1) is 8.04. The van der Waals surface area contributed by atoms with Gasteiger partial charge >= 0.3 is 0 Å². The molecule has 102 valence electrons. The van der Waals surface area contributed by atoms with Crippen LogP contribution in [0, 0.1) is 5.82 Å². The van der Waals surface area contributed by atoms with Gasteiger partial charge in [0.15, 0.2) is 11.6 Å². The molecule has 1 atom stereocenters. The molecule has 0 fully saturated rings. The first-order valence-electron chi connectivity index (χ1n) is 5.49. The van der Waals surface area contributed by atoms with E-state index in [1.807, 2.05) is 0 Å². The van der Waals surface area contributed by atoms with Crippen molar-refractivity contribution in [3.05, 3.63) is 29.6 Å². The van der Waals surface area contributed by atoms with Gasteiger partial charge in [-0.05, 0) is 31.5 Å². The lowest BCUT2D eigenvalue weighted by molar-refractivity contribution is -0.122. The van der Waals surface area contributed by atoms with Crippen LogP contribution >= 0.6 is 12.4 Å². The molecule has 0 unspecified atom stereocenters. The van der Waals surface area contributed by atoms with Gasteiger partial charge in [-0.1, -0.05) is 6.07 Å². The fourth-order valence-corrected chi connectivity index (χ4v) is 1.28. The summed E-state index contributed by atoms with van der Waals surface area (Å²) in [6, 6.07) is 4.02. The molecule has 0 heterocycles. The Bertz CT molecular complexity index is 400. The minimum Gasteiger partial charge on any atom is -0.491 e. The highest BCUT2D eigenvalue weighted by Crippen LogP contribution is 2.18. The highest BCUT2D eigenvalue weighted by Gasteiger charge is 2.08. The van der Waals surface area contributed by atoms with E-state index in [0.29, 0.717) is 12.2 Å². The van der Waals surface area contributed by atoms with E-state index in [1.54, 1.807) is 26.0 Å². The van der Waals surface area contributed by atoms with Crippen molar-refractivity contribution in [2.24, 2.45) is 5.73 Å². The summed E-state index contributed by atoms with van der Waals surface area (Å²) in [5, 5.41) is 2.61. The van der Waals surface area contributed by atoms with E-state index in [2.05, 4.69) is 5.32 Å². The topological polar surface area (TPSA) is 64.3 Å². The lowest BCUT2D eigenvalue weighted by atomic mass is 10.2. The van der Waals surface area contributed by atoms with E-state index < -0.39 is 11.9 Å². The Morgan fingerprint density at radius 1 is 1.56 bits per heavy atom. The molecular weight excluding hydrogens is 259 g/mol. The Kier molecular flexibility index (Phi) is 7.31. The van der Waals surface area contributed by atoms with E-state index in [0.717, 1.165) is 0 Å². The first kappa shape index (κ1) is 16.7. The number of hydrogen-bond acceptors (Lipinski definition) is 3. The second kappa shape index (κ2) is 7.89. The third-order valence-electron chi connectivity index (χ3n) is 2.18. The molecule has 0 bridgehead atoms. The van der Waals surface area contributed by atoms with Crippen molar-refractivity contribution in [3.63, 3.8) is 0 Å². The number of nitrogens with two attached hydrogens (primary N) is 1. The van der Waals surface area contributed by atoms with Gasteiger partial charge in [-0.15, -0.1) is 12.4 Å². The van der Waals surface area contributed by atoms with Gasteiger partial charge in [0.25, 0.3) is 0 Å². The average Bonchev–Trinajstić information content (AvgIpc) is 2.29. The molecule has 0 aliphatic carbocycles. The number of ether oxygens (including phenoxy) is 1. The number of hydrogen-bond donors (Lipinski definition) is 2. The van der Waals surface area contributed by atoms with E-state index >= 15 is 0 Å². The maximum atomic E-state index is 13.5. The SMILES string of the molecule is CCOc1ccc(CNC(=O)[C@@H](C)N)cc1F.Cl. The van der Waals surface area contributed by atoms with Gasteiger partial charge in [0.2, 0.25) is 5.91 Å². The summed E-state index contributed by atoms with van der Waals surface area (Å²) in [5.74, 6) is -0.478. The normalized spacial score (nSPS) is 11.3. The number of amides is 1. The molecule has 4 nitrogen and oxygen atoms in total. The van der Waals surface area contributed by atoms with Crippen LogP contribution in [0.4, 0.5) is 4.39 Å². The van der Waals surface area contributed by atoms with Crippen LogP contribution in [0.1, 0.15) is 19.4 Å². The summed E-state index contributed by atoms with van der Waals surface area (Å²) in [4.78, 5) is 11.2. The zero-order chi connectivity index (χ0) is 12.8. The second-order valence-corrected chi connectivity index (χ2v) is 3.70. The van der Waals surface area contributed by atoms with Gasteiger partial charge in [0.1, 0.15) is 0 Å². The molecular formula is C12H18ClFN2O2. The number of rotatable bonds is 5. The van der Waals surface area contributed by atoms with Gasteiger partial charge in [0, 0.05) is 6.54 Å². The molecule has 0 aliphatic heterocycles. The van der Waals surface area contributed by atoms with Crippen molar-refractivity contribution in [1.29, 1.82) is 0 Å². The van der Waals surface area contributed by atoms with Crippen LogP contribution in [0.15, 0.2) is 18.2 Å². The maximum Gasteiger partial charge on any atom is 0.236 e. The Morgan fingerprint density at radius 3 is 2.72 bits per heavy atom. The van der Waals surface area contributed by atoms with Crippen LogP contribution in [0.5, 0.6) is 5.75 Å². The number of nitrogens with one attached hydrogen (secondary N) is 1. The average molecular weight is 277 g/mol. The molecule has 0 saturated carbocycles. The summed E-state index contributed by atoms with van der Waals surface area (Å²) in [5.41, 5.74) is 6.05. The zero-order valence-electron chi connectivity index (χ0n) is 10.4. The second-order valence-electron chi connectivity index (χ2n) is 3.70. The van der Waals surface area contributed by atoms with Gasteiger partial charge in [0.05, 0.1) is 12.6 Å². The lowest BCUT2D eigenvalue weighted by Gasteiger charge is -2.09.